The lowest BCUT2D eigenvalue weighted by molar-refractivity contribution is -0.137. The van der Waals surface area contributed by atoms with E-state index in [0.29, 0.717) is 39.1 Å². The molecule has 15 heteroatoms. The molecule has 1 aromatic carbocycles. The summed E-state index contributed by atoms with van der Waals surface area (Å²) in [5, 5.41) is 10.6. The summed E-state index contributed by atoms with van der Waals surface area (Å²) in [4.78, 5) is 33.5. The van der Waals surface area contributed by atoms with E-state index in [2.05, 4.69) is 9.88 Å². The van der Waals surface area contributed by atoms with Crippen LogP contribution < -0.4 is 11.2 Å². The van der Waals surface area contributed by atoms with Crippen LogP contribution in [0, 0.1) is 0 Å². The van der Waals surface area contributed by atoms with E-state index in [1.54, 1.807) is 7.05 Å². The number of aliphatic hydroxyl groups excluding tert-OH is 1. The zero-order chi connectivity index (χ0) is 28.5. The first-order chi connectivity index (χ1) is 18.3. The quantitative estimate of drug-likeness (QED) is 0.389. The molecule has 0 radical (unpaired) electrons. The molecule has 1 N–H and O–H groups in total. The van der Waals surface area contributed by atoms with Gasteiger partial charge in [0.25, 0.3) is 5.56 Å². The Morgan fingerprint density at radius 1 is 1.00 bits per heavy atom. The van der Waals surface area contributed by atoms with Gasteiger partial charge in [-0.3, -0.25) is 18.8 Å². The highest BCUT2D eigenvalue weighted by Gasteiger charge is 2.30. The minimum atomic E-state index is -4.52. The highest BCUT2D eigenvalue weighted by Crippen LogP contribution is 2.30. The summed E-state index contributed by atoms with van der Waals surface area (Å²) in [5.74, 6) is -0.179. The molecule has 1 fully saturated rings. The zero-order valence-electron chi connectivity index (χ0n) is 21.6. The normalized spacial score (nSPS) is 16.7. The topological polar surface area (TPSA) is 123 Å². The zero-order valence-corrected chi connectivity index (χ0v) is 22.5. The third kappa shape index (κ3) is 6.42. The van der Waals surface area contributed by atoms with Crippen molar-refractivity contribution in [2.45, 2.75) is 30.1 Å². The van der Waals surface area contributed by atoms with Crippen LogP contribution in [0.2, 0.25) is 0 Å². The van der Waals surface area contributed by atoms with Gasteiger partial charge in [-0.1, -0.05) is 0 Å². The van der Waals surface area contributed by atoms with Crippen molar-refractivity contribution in [3.8, 4) is 0 Å². The molecule has 39 heavy (non-hydrogen) atoms. The Kier molecular flexibility index (Phi) is 8.35. The molecule has 3 aromatic rings. The number of sulfone groups is 1. The number of hydrogen-bond acceptors (Lipinski definition) is 8. The summed E-state index contributed by atoms with van der Waals surface area (Å²) in [6, 6.07) is 3.51. The maximum atomic E-state index is 12.8. The molecular formula is C24H31F3N6O5S. The van der Waals surface area contributed by atoms with E-state index in [9.17, 15) is 36.3 Å². The van der Waals surface area contributed by atoms with E-state index in [0.717, 1.165) is 28.8 Å². The highest BCUT2D eigenvalue weighted by molar-refractivity contribution is 7.91. The average Bonchev–Trinajstić information content (AvgIpc) is 3.27. The number of fused-ring (bicyclic) bond motifs is 1. The van der Waals surface area contributed by atoms with Gasteiger partial charge in [0.15, 0.2) is 21.0 Å². The van der Waals surface area contributed by atoms with Gasteiger partial charge in [0.2, 0.25) is 0 Å². The number of aromatic nitrogens is 4. The van der Waals surface area contributed by atoms with Gasteiger partial charge in [-0.25, -0.2) is 18.2 Å². The molecule has 214 valence electrons. The van der Waals surface area contributed by atoms with Crippen LogP contribution in [-0.2, 0) is 36.7 Å². The number of rotatable bonds is 9. The van der Waals surface area contributed by atoms with E-state index in [4.69, 9.17) is 0 Å². The van der Waals surface area contributed by atoms with Crippen molar-refractivity contribution in [2.24, 2.45) is 14.1 Å². The van der Waals surface area contributed by atoms with Crippen LogP contribution in [-0.4, -0.2) is 93.1 Å². The molecule has 0 aliphatic carbocycles. The number of halogens is 3. The molecule has 0 spiro atoms. The lowest BCUT2D eigenvalue weighted by Crippen LogP contribution is -2.50. The first-order valence-electron chi connectivity index (χ1n) is 12.4. The fourth-order valence-electron chi connectivity index (χ4n) is 4.77. The lowest BCUT2D eigenvalue weighted by Gasteiger charge is -2.35. The van der Waals surface area contributed by atoms with E-state index in [-0.39, 0.29) is 34.9 Å². The van der Waals surface area contributed by atoms with Gasteiger partial charge in [0.1, 0.15) is 0 Å². The Hall–Kier alpha value is -3.01. The summed E-state index contributed by atoms with van der Waals surface area (Å²) in [7, 11) is -0.521. The summed E-state index contributed by atoms with van der Waals surface area (Å²) in [5.41, 5.74) is -1.40. The van der Waals surface area contributed by atoms with Crippen molar-refractivity contribution < 1.29 is 26.7 Å². The monoisotopic (exact) mass is 572 g/mol. The maximum absolute atomic E-state index is 12.8. The number of β-amino-alcohol motifs (C(OH)–C–C–N with tert-alkyl or cyclic N) is 1. The minimum absolute atomic E-state index is 0.134. The molecule has 0 amide bonds. The molecule has 2 aromatic heterocycles. The molecular weight excluding hydrogens is 541 g/mol. The molecule has 1 unspecified atom stereocenters. The Bertz CT molecular complexity index is 1540. The average molecular weight is 573 g/mol. The van der Waals surface area contributed by atoms with Crippen molar-refractivity contribution >= 4 is 21.0 Å². The van der Waals surface area contributed by atoms with Crippen LogP contribution in [0.25, 0.3) is 11.2 Å². The third-order valence-electron chi connectivity index (χ3n) is 6.96. The number of aryl methyl sites for hydroxylation is 2. The van der Waals surface area contributed by atoms with Gasteiger partial charge in [-0.2, -0.15) is 13.2 Å². The second-order valence-electron chi connectivity index (χ2n) is 9.78. The molecule has 11 nitrogen and oxygen atoms in total. The summed E-state index contributed by atoms with van der Waals surface area (Å²) >= 11 is 0. The molecule has 0 bridgehead atoms. The number of hydrogen-bond donors (Lipinski definition) is 1. The van der Waals surface area contributed by atoms with Crippen LogP contribution >= 0.6 is 0 Å². The Labute approximate surface area is 222 Å². The van der Waals surface area contributed by atoms with E-state index in [1.807, 2.05) is 4.90 Å². The first kappa shape index (κ1) is 29.0. The Balaban J connectivity index is 1.25. The van der Waals surface area contributed by atoms with Crippen molar-refractivity contribution in [1.82, 2.24) is 28.5 Å². The van der Waals surface area contributed by atoms with Crippen LogP contribution in [0.5, 0.6) is 0 Å². The van der Waals surface area contributed by atoms with Crippen LogP contribution in [0.15, 0.2) is 45.1 Å². The first-order valence-corrected chi connectivity index (χ1v) is 14.1. The van der Waals surface area contributed by atoms with Gasteiger partial charge in [-0.05, 0) is 37.2 Å². The van der Waals surface area contributed by atoms with E-state index >= 15 is 0 Å². The number of piperazine rings is 1. The molecule has 3 heterocycles. The number of aliphatic hydroxyl groups is 1. The molecule has 1 saturated heterocycles. The number of nitrogens with zero attached hydrogens (tertiary/aromatic N) is 6. The van der Waals surface area contributed by atoms with Gasteiger partial charge < -0.3 is 14.6 Å². The largest absolute Gasteiger partial charge is 0.416 e. The van der Waals surface area contributed by atoms with Crippen LogP contribution in [0.3, 0.4) is 0 Å². The predicted molar refractivity (Wildman–Crippen MR) is 137 cm³/mol. The molecule has 1 aliphatic rings. The number of imidazole rings is 1. The van der Waals surface area contributed by atoms with E-state index < -0.39 is 38.9 Å². The molecule has 1 atom stereocenters. The highest BCUT2D eigenvalue weighted by atomic mass is 32.2. The second-order valence-corrected chi connectivity index (χ2v) is 11.9. The summed E-state index contributed by atoms with van der Waals surface area (Å²) < 4.78 is 67.0. The summed E-state index contributed by atoms with van der Waals surface area (Å²) in [6.07, 6.45) is -3.70. The van der Waals surface area contributed by atoms with Crippen molar-refractivity contribution in [3.63, 3.8) is 0 Å². The number of alkyl halides is 3. The van der Waals surface area contributed by atoms with E-state index in [1.165, 1.54) is 22.5 Å². The fraction of sp³-hybridized carbons (Fsp3) is 0.542. The minimum Gasteiger partial charge on any atom is -0.390 e. The third-order valence-corrected chi connectivity index (χ3v) is 8.77. The maximum Gasteiger partial charge on any atom is 0.416 e. The Morgan fingerprint density at radius 2 is 1.62 bits per heavy atom. The number of benzene rings is 1. The van der Waals surface area contributed by atoms with Crippen molar-refractivity contribution in [2.75, 3.05) is 45.0 Å². The summed E-state index contributed by atoms with van der Waals surface area (Å²) in [6.45, 7) is 3.09. The second kappa shape index (κ2) is 11.2. The Morgan fingerprint density at radius 3 is 2.23 bits per heavy atom. The lowest BCUT2D eigenvalue weighted by atomic mass is 10.2. The van der Waals surface area contributed by atoms with Crippen LogP contribution in [0.4, 0.5) is 13.2 Å². The van der Waals surface area contributed by atoms with Crippen LogP contribution in [0.1, 0.15) is 12.0 Å². The SMILES string of the molecule is Cn1cnc2c1c(=O)n(CC(O)CN1CCN(CCCS(=O)(=O)c3ccc(C(F)(F)F)cc3)CC1)c(=O)n2C. The van der Waals surface area contributed by atoms with Gasteiger partial charge in [-0.15, -0.1) is 0 Å². The van der Waals surface area contributed by atoms with Gasteiger partial charge in [0.05, 0.1) is 35.2 Å². The molecule has 0 saturated carbocycles. The van der Waals surface area contributed by atoms with Crippen molar-refractivity contribution in [1.29, 1.82) is 0 Å². The predicted octanol–water partition coefficient (Wildman–Crippen LogP) is 0.295. The van der Waals surface area contributed by atoms with Crippen molar-refractivity contribution in [3.05, 3.63) is 57.0 Å². The smallest absolute Gasteiger partial charge is 0.390 e. The fourth-order valence-corrected chi connectivity index (χ4v) is 6.06. The van der Waals surface area contributed by atoms with Gasteiger partial charge in [0, 0.05) is 46.8 Å². The molecule has 4 rings (SSSR count). The van der Waals surface area contributed by atoms with Gasteiger partial charge >= 0.3 is 11.9 Å². The standard InChI is InChI=1S/C24H31F3N6O5S/c1-29-16-28-21-20(29)22(35)33(23(36)30(21)2)15-18(34)14-32-11-9-31(10-12-32)8-3-13-39(37,38)19-6-4-17(5-7-19)24(25,26)27/h4-7,16,18,34H,3,8-15H2,1-2H3. The molecule has 1 aliphatic heterocycles.